The smallest absolute Gasteiger partial charge is 0.311 e. The lowest BCUT2D eigenvalue weighted by atomic mass is 10.1. The first-order chi connectivity index (χ1) is 8.95. The van der Waals surface area contributed by atoms with Gasteiger partial charge in [0.15, 0.2) is 11.5 Å². The molecule has 0 amide bonds. The number of benzene rings is 1. The summed E-state index contributed by atoms with van der Waals surface area (Å²) < 4.78 is 5.42. The maximum absolute atomic E-state index is 11.5. The van der Waals surface area contributed by atoms with E-state index >= 15 is 0 Å². The van der Waals surface area contributed by atoms with Crippen molar-refractivity contribution in [1.82, 2.24) is 0 Å². The molecule has 0 heterocycles. The number of hydrogen-bond acceptors (Lipinski definition) is 4. The van der Waals surface area contributed by atoms with Crippen molar-refractivity contribution in [2.75, 3.05) is 6.61 Å². The molecule has 5 nitrogen and oxygen atoms in total. The molecule has 0 saturated carbocycles. The van der Waals surface area contributed by atoms with Gasteiger partial charge < -0.3 is 4.74 Å². The van der Waals surface area contributed by atoms with Gasteiger partial charge in [-0.2, -0.15) is 0 Å². The number of ether oxygens (including phenoxy) is 1. The zero-order chi connectivity index (χ0) is 14.4. The van der Waals surface area contributed by atoms with E-state index < -0.39 is 4.92 Å². The van der Waals surface area contributed by atoms with E-state index in [1.165, 1.54) is 12.1 Å². The number of Topliss-reactive ketones (excluding diaryl/α,β-unsaturated/α-hetero) is 1. The number of nitro benzene ring substituents is 1. The summed E-state index contributed by atoms with van der Waals surface area (Å²) in [4.78, 5) is 22.0. The molecule has 1 aromatic carbocycles. The van der Waals surface area contributed by atoms with Crippen molar-refractivity contribution >= 4 is 11.5 Å². The van der Waals surface area contributed by atoms with E-state index in [9.17, 15) is 14.9 Å². The van der Waals surface area contributed by atoms with Gasteiger partial charge in [0.05, 0.1) is 11.5 Å². The fraction of sp³-hybridized carbons (Fsp3) is 0.500. The molecule has 0 aliphatic carbocycles. The number of carbonyl (C=O) groups excluding carboxylic acids is 1. The predicted molar refractivity (Wildman–Crippen MR) is 72.7 cm³/mol. The lowest BCUT2D eigenvalue weighted by Gasteiger charge is -2.09. The van der Waals surface area contributed by atoms with Crippen LogP contribution >= 0.6 is 0 Å². The Morgan fingerprint density at radius 3 is 2.63 bits per heavy atom. The van der Waals surface area contributed by atoms with E-state index in [2.05, 4.69) is 13.8 Å². The highest BCUT2D eigenvalue weighted by Gasteiger charge is 2.18. The molecule has 0 N–H and O–H groups in total. The quantitative estimate of drug-likeness (QED) is 0.429. The number of hydrogen-bond donors (Lipinski definition) is 0. The summed E-state index contributed by atoms with van der Waals surface area (Å²) in [5.74, 6) is 0.579. The maximum Gasteiger partial charge on any atom is 0.311 e. The van der Waals surface area contributed by atoms with Gasteiger partial charge in [0.25, 0.3) is 0 Å². The van der Waals surface area contributed by atoms with Gasteiger partial charge in [-0.1, -0.05) is 20.8 Å². The first kappa shape index (κ1) is 15.1. The largest absolute Gasteiger partial charge is 0.487 e. The third kappa shape index (κ3) is 4.35. The molecule has 5 heteroatoms. The number of carbonyl (C=O) groups is 1. The van der Waals surface area contributed by atoms with Crippen molar-refractivity contribution in [3.63, 3.8) is 0 Å². The van der Waals surface area contributed by atoms with Crippen LogP contribution in [0.1, 0.15) is 44.0 Å². The minimum atomic E-state index is -0.517. The van der Waals surface area contributed by atoms with Crippen LogP contribution in [-0.4, -0.2) is 17.3 Å². The summed E-state index contributed by atoms with van der Waals surface area (Å²) in [7, 11) is 0. The van der Waals surface area contributed by atoms with Crippen LogP contribution in [0.25, 0.3) is 0 Å². The second-order valence-corrected chi connectivity index (χ2v) is 4.75. The topological polar surface area (TPSA) is 69.4 Å². The molecule has 0 aliphatic heterocycles. The molecular weight excluding hydrogens is 246 g/mol. The van der Waals surface area contributed by atoms with E-state index in [0.29, 0.717) is 24.5 Å². The second-order valence-electron chi connectivity index (χ2n) is 4.75. The average Bonchev–Trinajstić information content (AvgIpc) is 2.37. The normalized spacial score (nSPS) is 10.5. The van der Waals surface area contributed by atoms with Gasteiger partial charge in [0.1, 0.15) is 0 Å². The highest BCUT2D eigenvalue weighted by molar-refractivity contribution is 5.96. The van der Waals surface area contributed by atoms with Gasteiger partial charge in [-0.25, -0.2) is 0 Å². The molecule has 0 atom stereocenters. The molecule has 1 rings (SSSR count). The van der Waals surface area contributed by atoms with Crippen LogP contribution in [0.4, 0.5) is 5.69 Å². The molecule has 19 heavy (non-hydrogen) atoms. The van der Waals surface area contributed by atoms with Crippen molar-refractivity contribution in [2.24, 2.45) is 5.92 Å². The number of ketones is 1. The Morgan fingerprint density at radius 1 is 1.42 bits per heavy atom. The van der Waals surface area contributed by atoms with E-state index in [4.69, 9.17) is 4.74 Å². The van der Waals surface area contributed by atoms with Crippen LogP contribution in [-0.2, 0) is 0 Å². The summed E-state index contributed by atoms with van der Waals surface area (Å²) in [6, 6.07) is 4.36. The van der Waals surface area contributed by atoms with Crippen LogP contribution in [0, 0.1) is 16.0 Å². The third-order valence-corrected chi connectivity index (χ3v) is 2.75. The SMILES string of the molecule is CCC(=O)c1ccc(OCCC(C)C)c([N+](=O)[O-])c1. The Balaban J connectivity index is 2.92. The lowest BCUT2D eigenvalue weighted by Crippen LogP contribution is -2.05. The minimum absolute atomic E-state index is 0.114. The molecular formula is C14H19NO4. The van der Waals surface area contributed by atoms with Crippen molar-refractivity contribution in [2.45, 2.75) is 33.6 Å². The van der Waals surface area contributed by atoms with Gasteiger partial charge in [-0.3, -0.25) is 14.9 Å². The van der Waals surface area contributed by atoms with E-state index in [1.54, 1.807) is 13.0 Å². The van der Waals surface area contributed by atoms with Gasteiger partial charge in [-0.05, 0) is 24.5 Å². The molecule has 0 fully saturated rings. The fourth-order valence-electron chi connectivity index (χ4n) is 1.56. The maximum atomic E-state index is 11.5. The van der Waals surface area contributed by atoms with Crippen LogP contribution < -0.4 is 4.74 Å². The Hall–Kier alpha value is -1.91. The molecule has 0 radical (unpaired) electrons. The summed E-state index contributed by atoms with van der Waals surface area (Å²) in [5.41, 5.74) is 0.202. The van der Waals surface area contributed by atoms with Crippen molar-refractivity contribution in [3.05, 3.63) is 33.9 Å². The lowest BCUT2D eigenvalue weighted by molar-refractivity contribution is -0.385. The van der Waals surface area contributed by atoms with Crippen LogP contribution in [0.5, 0.6) is 5.75 Å². The standard InChI is InChI=1S/C14H19NO4/c1-4-13(16)11-5-6-14(12(9-11)15(17)18)19-8-7-10(2)3/h5-6,9-10H,4,7-8H2,1-3H3. The fourth-order valence-corrected chi connectivity index (χ4v) is 1.56. The van der Waals surface area contributed by atoms with E-state index in [1.807, 2.05) is 0 Å². The average molecular weight is 265 g/mol. The Morgan fingerprint density at radius 2 is 2.11 bits per heavy atom. The third-order valence-electron chi connectivity index (χ3n) is 2.75. The molecule has 104 valence electrons. The van der Waals surface area contributed by atoms with E-state index in [0.717, 1.165) is 6.42 Å². The number of nitrogens with zero attached hydrogens (tertiary/aromatic N) is 1. The summed E-state index contributed by atoms with van der Waals surface area (Å²) in [6.45, 7) is 6.27. The molecule has 0 unspecified atom stereocenters. The number of nitro groups is 1. The zero-order valence-electron chi connectivity index (χ0n) is 11.5. The highest BCUT2D eigenvalue weighted by Crippen LogP contribution is 2.28. The van der Waals surface area contributed by atoms with Gasteiger partial charge in [0, 0.05) is 18.1 Å². The first-order valence-corrected chi connectivity index (χ1v) is 6.40. The van der Waals surface area contributed by atoms with Crippen LogP contribution in [0.3, 0.4) is 0 Å². The highest BCUT2D eigenvalue weighted by atomic mass is 16.6. The second kappa shape index (κ2) is 6.87. The zero-order valence-corrected chi connectivity index (χ0v) is 11.5. The molecule has 0 aromatic heterocycles. The molecule has 0 saturated heterocycles. The van der Waals surface area contributed by atoms with Crippen molar-refractivity contribution in [1.29, 1.82) is 0 Å². The Kier molecular flexibility index (Phi) is 5.48. The molecule has 1 aromatic rings. The van der Waals surface area contributed by atoms with Crippen LogP contribution in [0.15, 0.2) is 18.2 Å². The Labute approximate surface area is 112 Å². The summed E-state index contributed by atoms with van der Waals surface area (Å²) in [6.07, 6.45) is 1.15. The van der Waals surface area contributed by atoms with Crippen LogP contribution in [0.2, 0.25) is 0 Å². The van der Waals surface area contributed by atoms with Crippen molar-refractivity contribution < 1.29 is 14.5 Å². The molecule has 0 spiro atoms. The minimum Gasteiger partial charge on any atom is -0.487 e. The van der Waals surface area contributed by atoms with E-state index in [-0.39, 0.29) is 17.2 Å². The van der Waals surface area contributed by atoms with Gasteiger partial charge in [0.2, 0.25) is 0 Å². The monoisotopic (exact) mass is 265 g/mol. The molecule has 0 aliphatic rings. The summed E-state index contributed by atoms with van der Waals surface area (Å²) >= 11 is 0. The first-order valence-electron chi connectivity index (χ1n) is 6.40. The molecule has 0 bridgehead atoms. The number of rotatable bonds is 7. The predicted octanol–water partition coefficient (Wildman–Crippen LogP) is 3.61. The van der Waals surface area contributed by atoms with Crippen molar-refractivity contribution in [3.8, 4) is 5.75 Å². The van der Waals surface area contributed by atoms with Gasteiger partial charge >= 0.3 is 5.69 Å². The Bertz CT molecular complexity index is 469. The van der Waals surface area contributed by atoms with Gasteiger partial charge in [-0.15, -0.1) is 0 Å². The summed E-state index contributed by atoms with van der Waals surface area (Å²) in [5, 5.41) is 11.0.